The van der Waals surface area contributed by atoms with E-state index in [-0.39, 0.29) is 30.0 Å². The van der Waals surface area contributed by atoms with Crippen LogP contribution in [0.3, 0.4) is 0 Å². The Kier molecular flexibility index (Phi) is 4.82. The van der Waals surface area contributed by atoms with E-state index in [4.69, 9.17) is 4.74 Å². The number of hydrogen-bond donors (Lipinski definition) is 1. The number of hydrogen-bond acceptors (Lipinski definition) is 3. The molecule has 3 fully saturated rings. The summed E-state index contributed by atoms with van der Waals surface area (Å²) >= 11 is 0. The van der Waals surface area contributed by atoms with Gasteiger partial charge in [-0.3, -0.25) is 4.98 Å². The highest BCUT2D eigenvalue weighted by atomic mass is 19.1. The Balaban J connectivity index is 1.37. The molecule has 0 radical (unpaired) electrons. The highest BCUT2D eigenvalue weighted by Gasteiger charge is 2.49. The predicted molar refractivity (Wildman–Crippen MR) is 109 cm³/mol. The van der Waals surface area contributed by atoms with E-state index in [1.165, 1.54) is 37.8 Å². The molecule has 2 aliphatic carbocycles. The monoisotopic (exact) mass is 392 g/mol. The molecular weight excluding hydrogens is 367 g/mol. The van der Waals surface area contributed by atoms with Crippen LogP contribution in [0.15, 0.2) is 48.7 Å². The number of halogens is 1. The normalized spacial score (nSPS) is 31.1. The van der Waals surface area contributed by atoms with Gasteiger partial charge in [0.25, 0.3) is 0 Å². The summed E-state index contributed by atoms with van der Waals surface area (Å²) in [4.78, 5) is 16.4. The van der Waals surface area contributed by atoms with Gasteiger partial charge in [-0.2, -0.15) is 0 Å². The second-order valence-corrected chi connectivity index (χ2v) is 8.48. The van der Waals surface area contributed by atoms with Crippen molar-refractivity contribution in [2.45, 2.75) is 44.2 Å². The van der Waals surface area contributed by atoms with Gasteiger partial charge in [0.2, 0.25) is 0 Å². The van der Waals surface area contributed by atoms with Crippen LogP contribution in [0.1, 0.15) is 37.8 Å². The Hall–Kier alpha value is -2.69. The molecule has 1 aromatic carbocycles. The van der Waals surface area contributed by atoms with Gasteiger partial charge >= 0.3 is 6.09 Å². The molecule has 1 N–H and O–H groups in total. The van der Waals surface area contributed by atoms with Crippen molar-refractivity contribution in [3.63, 3.8) is 0 Å². The van der Waals surface area contributed by atoms with E-state index in [2.05, 4.69) is 22.5 Å². The topological polar surface area (TPSA) is 51.2 Å². The summed E-state index contributed by atoms with van der Waals surface area (Å²) in [5.74, 6) is 1.25. The number of aromatic nitrogens is 1. The van der Waals surface area contributed by atoms with Gasteiger partial charge in [0.15, 0.2) is 0 Å². The number of alkyl carbamates (subject to hydrolysis) is 1. The molecule has 5 unspecified atom stereocenters. The molecule has 5 rings (SSSR count). The summed E-state index contributed by atoms with van der Waals surface area (Å²) in [6.07, 6.45) is 11.7. The molecule has 1 amide bonds. The minimum atomic E-state index is -0.283. The third kappa shape index (κ3) is 3.66. The fraction of sp³-hybridized carbons (Fsp3) is 0.417. The number of nitrogens with one attached hydrogen (secondary N) is 1. The zero-order valence-corrected chi connectivity index (χ0v) is 16.3. The van der Waals surface area contributed by atoms with Crippen LogP contribution in [0, 0.1) is 23.6 Å². The molecule has 0 bridgehead atoms. The summed E-state index contributed by atoms with van der Waals surface area (Å²) in [7, 11) is 0. The minimum absolute atomic E-state index is 0.0141. The second kappa shape index (κ2) is 7.62. The van der Waals surface area contributed by atoms with E-state index >= 15 is 0 Å². The number of pyridine rings is 1. The van der Waals surface area contributed by atoms with Crippen LogP contribution in [0.2, 0.25) is 0 Å². The van der Waals surface area contributed by atoms with Crippen molar-refractivity contribution in [2.24, 2.45) is 17.8 Å². The Labute approximate surface area is 170 Å². The molecule has 0 spiro atoms. The van der Waals surface area contributed by atoms with E-state index < -0.39 is 0 Å². The van der Waals surface area contributed by atoms with Crippen LogP contribution in [0.5, 0.6) is 0 Å². The van der Waals surface area contributed by atoms with Gasteiger partial charge in [0.05, 0.1) is 11.7 Å². The van der Waals surface area contributed by atoms with Gasteiger partial charge in [0.1, 0.15) is 11.9 Å². The zero-order chi connectivity index (χ0) is 19.8. The molecule has 1 aromatic heterocycles. The fourth-order valence-corrected chi connectivity index (χ4v) is 5.43. The summed E-state index contributed by atoms with van der Waals surface area (Å²) in [5, 5.41) is 3.04. The number of benzene rings is 1. The molecule has 2 saturated carbocycles. The number of fused-ring (bicyclic) bond motifs is 2. The molecule has 2 aromatic rings. The lowest BCUT2D eigenvalue weighted by molar-refractivity contribution is 0.0259. The maximum absolute atomic E-state index is 13.5. The van der Waals surface area contributed by atoms with E-state index in [1.807, 2.05) is 18.2 Å². The quantitative estimate of drug-likeness (QED) is 0.781. The van der Waals surface area contributed by atoms with Gasteiger partial charge in [0, 0.05) is 17.7 Å². The number of nitrogens with zero attached hydrogens (tertiary/aromatic N) is 1. The van der Waals surface area contributed by atoms with Crippen molar-refractivity contribution in [1.29, 1.82) is 0 Å². The van der Waals surface area contributed by atoms with Crippen LogP contribution >= 0.6 is 0 Å². The van der Waals surface area contributed by atoms with Crippen LogP contribution in [0.4, 0.5) is 9.18 Å². The Morgan fingerprint density at radius 3 is 2.86 bits per heavy atom. The van der Waals surface area contributed by atoms with Gasteiger partial charge in [-0.25, -0.2) is 9.18 Å². The van der Waals surface area contributed by atoms with Gasteiger partial charge in [-0.05, 0) is 54.5 Å². The number of ether oxygens (including phenoxy) is 1. The predicted octanol–water partition coefficient (Wildman–Crippen LogP) is 5.20. The fourth-order valence-electron chi connectivity index (χ4n) is 5.43. The molecule has 4 nitrogen and oxygen atoms in total. The molecule has 2 heterocycles. The number of carbonyl (C=O) groups is 1. The Bertz CT molecular complexity index is 927. The van der Waals surface area contributed by atoms with Crippen molar-refractivity contribution in [3.05, 3.63) is 60.2 Å². The van der Waals surface area contributed by atoms with Crippen molar-refractivity contribution >= 4 is 12.2 Å². The summed E-state index contributed by atoms with van der Waals surface area (Å²) in [5.41, 5.74) is 2.58. The number of carbonyl (C=O) groups excluding carboxylic acids is 1. The average Bonchev–Trinajstić information content (AvgIpc) is 3.11. The maximum Gasteiger partial charge on any atom is 0.407 e. The second-order valence-electron chi connectivity index (χ2n) is 8.48. The molecule has 1 aliphatic heterocycles. The largest absolute Gasteiger partial charge is 0.444 e. The van der Waals surface area contributed by atoms with Crippen molar-refractivity contribution < 1.29 is 13.9 Å². The van der Waals surface area contributed by atoms with Crippen LogP contribution < -0.4 is 5.32 Å². The van der Waals surface area contributed by atoms with Crippen LogP contribution in [-0.4, -0.2) is 23.2 Å². The molecule has 5 heteroatoms. The van der Waals surface area contributed by atoms with E-state index in [0.717, 1.165) is 23.2 Å². The standard InChI is InChI=1S/C24H25FN2O2/c25-18-6-3-5-15(12-18)17-8-9-19(26-14-17)10-11-21-20-7-2-1-4-16(20)13-22-23(21)27-24(28)29-22/h3,5-6,8-12,14,16,20-23H,1-2,4,7,13H2,(H,27,28)/b11-10+. The minimum Gasteiger partial charge on any atom is -0.444 e. The van der Waals surface area contributed by atoms with E-state index in [1.54, 1.807) is 12.3 Å². The lowest BCUT2D eigenvalue weighted by Gasteiger charge is -2.44. The summed E-state index contributed by atoms with van der Waals surface area (Å²) in [6, 6.07) is 10.5. The highest BCUT2D eigenvalue weighted by Crippen LogP contribution is 2.46. The lowest BCUT2D eigenvalue weighted by Crippen LogP contribution is -2.49. The van der Waals surface area contributed by atoms with Crippen LogP contribution in [0.25, 0.3) is 17.2 Å². The van der Waals surface area contributed by atoms with Crippen LogP contribution in [-0.2, 0) is 4.74 Å². The first-order chi connectivity index (χ1) is 14.2. The molecular formula is C24H25FN2O2. The molecule has 5 atom stereocenters. The van der Waals surface area contributed by atoms with Gasteiger partial charge in [-0.1, -0.05) is 43.5 Å². The SMILES string of the molecule is O=C1NC2C(CC3CCCCC3C2/C=C/c2ccc(-c3cccc(F)c3)cn2)O1. The maximum atomic E-state index is 13.5. The number of rotatable bonds is 3. The first-order valence-electron chi connectivity index (χ1n) is 10.5. The summed E-state index contributed by atoms with van der Waals surface area (Å²) < 4.78 is 19.0. The third-order valence-corrected chi connectivity index (χ3v) is 6.79. The smallest absolute Gasteiger partial charge is 0.407 e. The summed E-state index contributed by atoms with van der Waals surface area (Å²) in [6.45, 7) is 0. The molecule has 1 saturated heterocycles. The van der Waals surface area contributed by atoms with Crippen molar-refractivity contribution in [1.82, 2.24) is 10.3 Å². The van der Waals surface area contributed by atoms with Gasteiger partial charge in [-0.15, -0.1) is 0 Å². The molecule has 150 valence electrons. The first kappa shape index (κ1) is 18.3. The van der Waals surface area contributed by atoms with Gasteiger partial charge < -0.3 is 10.1 Å². The van der Waals surface area contributed by atoms with E-state index in [0.29, 0.717) is 11.8 Å². The number of amides is 1. The zero-order valence-electron chi connectivity index (χ0n) is 16.3. The first-order valence-corrected chi connectivity index (χ1v) is 10.5. The molecule has 29 heavy (non-hydrogen) atoms. The highest BCUT2D eigenvalue weighted by molar-refractivity contribution is 5.70. The Morgan fingerprint density at radius 2 is 2.03 bits per heavy atom. The van der Waals surface area contributed by atoms with E-state index in [9.17, 15) is 9.18 Å². The van der Waals surface area contributed by atoms with Crippen molar-refractivity contribution in [2.75, 3.05) is 0 Å². The Morgan fingerprint density at radius 1 is 1.14 bits per heavy atom. The van der Waals surface area contributed by atoms with Crippen molar-refractivity contribution in [3.8, 4) is 11.1 Å². The lowest BCUT2D eigenvalue weighted by atomic mass is 9.63. The third-order valence-electron chi connectivity index (χ3n) is 6.79. The molecule has 3 aliphatic rings. The average molecular weight is 392 g/mol.